The molecule has 1 aromatic heterocycles. The van der Waals surface area contributed by atoms with Crippen molar-refractivity contribution in [3.63, 3.8) is 0 Å². The summed E-state index contributed by atoms with van der Waals surface area (Å²) in [7, 11) is -0.393. The van der Waals surface area contributed by atoms with Gasteiger partial charge in [-0.05, 0) is 58.3 Å². The number of Topliss-reactive ketones (excluding diaryl/α,β-unsaturated/α-hetero) is 1. The lowest BCUT2D eigenvalue weighted by Gasteiger charge is -2.32. The first-order valence-corrected chi connectivity index (χ1v) is 8.39. The van der Waals surface area contributed by atoms with Gasteiger partial charge in [-0.3, -0.25) is 4.79 Å². The molecule has 1 fully saturated rings. The summed E-state index contributed by atoms with van der Waals surface area (Å²) >= 11 is 5.86. The molecule has 0 atom stereocenters. The monoisotopic (exact) mass is 324 g/mol. The fourth-order valence-electron chi connectivity index (χ4n) is 1.99. The first-order chi connectivity index (χ1) is 9.66. The Hall–Kier alpha value is -0.555. The van der Waals surface area contributed by atoms with Crippen molar-refractivity contribution in [1.29, 1.82) is 0 Å². The van der Waals surface area contributed by atoms with Crippen molar-refractivity contribution < 1.29 is 14.1 Å². The third-order valence-electron chi connectivity index (χ3n) is 4.04. The van der Waals surface area contributed by atoms with Gasteiger partial charge in [0.2, 0.25) is 0 Å². The molecule has 0 N–H and O–H groups in total. The lowest BCUT2D eigenvalue weighted by Crippen LogP contribution is -2.41. The molecule has 3 nitrogen and oxygen atoms in total. The molecule has 1 saturated heterocycles. The van der Waals surface area contributed by atoms with Gasteiger partial charge in [-0.1, -0.05) is 0 Å². The van der Waals surface area contributed by atoms with Gasteiger partial charge in [-0.25, -0.2) is 0 Å². The number of carbonyl (C=O) groups excluding carboxylic acids is 1. The normalized spacial score (nSPS) is 20.9. The van der Waals surface area contributed by atoms with E-state index in [1.807, 2.05) is 45.9 Å². The second-order valence-corrected chi connectivity index (χ2v) is 7.66. The van der Waals surface area contributed by atoms with Gasteiger partial charge in [-0.2, -0.15) is 12.6 Å². The van der Waals surface area contributed by atoms with Crippen molar-refractivity contribution in [3.05, 3.63) is 27.4 Å². The molecule has 0 aliphatic carbocycles. The van der Waals surface area contributed by atoms with Crippen LogP contribution >= 0.6 is 24.0 Å². The number of ketones is 1. The maximum absolute atomic E-state index is 11.4. The summed E-state index contributed by atoms with van der Waals surface area (Å²) in [5.74, 6) is 0.632. The van der Waals surface area contributed by atoms with Gasteiger partial charge in [0.25, 0.3) is 0 Å². The molecule has 2 rings (SSSR count). The second-order valence-electron chi connectivity index (χ2n) is 6.22. The van der Waals surface area contributed by atoms with Crippen LogP contribution in [0.1, 0.15) is 49.2 Å². The SMILES string of the molecule is CC(=O)c1ccc(C=C(CS)B2OC(C)(C)C(C)(C)O2)s1. The molecule has 1 aliphatic heterocycles. The highest BCUT2D eigenvalue weighted by Gasteiger charge is 2.52. The maximum atomic E-state index is 11.4. The van der Waals surface area contributed by atoms with Crippen molar-refractivity contribution in [3.8, 4) is 0 Å². The summed E-state index contributed by atoms with van der Waals surface area (Å²) in [6.07, 6.45) is 2.01. The Morgan fingerprint density at radius 1 is 1.29 bits per heavy atom. The molecule has 0 saturated carbocycles. The van der Waals surface area contributed by atoms with Crippen LogP contribution in [0.25, 0.3) is 6.08 Å². The van der Waals surface area contributed by atoms with Crippen LogP contribution in [0.5, 0.6) is 0 Å². The minimum absolute atomic E-state index is 0.0858. The molecular formula is C15H21BO3S2. The number of hydrogen-bond donors (Lipinski definition) is 1. The molecule has 1 aromatic rings. The zero-order valence-corrected chi connectivity index (χ0v) is 14.8. The van der Waals surface area contributed by atoms with E-state index < -0.39 is 7.12 Å². The Morgan fingerprint density at radius 2 is 1.86 bits per heavy atom. The van der Waals surface area contributed by atoms with Crippen molar-refractivity contribution in [1.82, 2.24) is 0 Å². The number of hydrogen-bond acceptors (Lipinski definition) is 5. The quantitative estimate of drug-likeness (QED) is 0.518. The molecule has 1 aliphatic rings. The van der Waals surface area contributed by atoms with Crippen LogP contribution in [0.4, 0.5) is 0 Å². The van der Waals surface area contributed by atoms with Gasteiger partial charge < -0.3 is 9.31 Å². The van der Waals surface area contributed by atoms with Crippen molar-refractivity contribution in [2.45, 2.75) is 45.8 Å². The van der Waals surface area contributed by atoms with Crippen LogP contribution < -0.4 is 0 Å². The van der Waals surface area contributed by atoms with Crippen LogP contribution in [-0.2, 0) is 9.31 Å². The van der Waals surface area contributed by atoms with Crippen molar-refractivity contribution in [2.24, 2.45) is 0 Å². The molecule has 0 spiro atoms. The highest BCUT2D eigenvalue weighted by Crippen LogP contribution is 2.39. The average molecular weight is 324 g/mol. The lowest BCUT2D eigenvalue weighted by atomic mass is 9.79. The predicted molar refractivity (Wildman–Crippen MR) is 92.2 cm³/mol. The summed E-state index contributed by atoms with van der Waals surface area (Å²) in [5, 5.41) is 0. The summed E-state index contributed by atoms with van der Waals surface area (Å²) in [5.41, 5.74) is 0.244. The molecule has 21 heavy (non-hydrogen) atoms. The molecule has 0 radical (unpaired) electrons. The summed E-state index contributed by atoms with van der Waals surface area (Å²) < 4.78 is 12.1. The minimum atomic E-state index is -0.393. The van der Waals surface area contributed by atoms with E-state index in [2.05, 4.69) is 12.6 Å². The maximum Gasteiger partial charge on any atom is 0.491 e. The van der Waals surface area contributed by atoms with Crippen LogP contribution in [0.3, 0.4) is 0 Å². The minimum Gasteiger partial charge on any atom is -0.400 e. The number of thiol groups is 1. The fraction of sp³-hybridized carbons (Fsp3) is 0.533. The first kappa shape index (κ1) is 16.8. The second kappa shape index (κ2) is 5.91. The van der Waals surface area contributed by atoms with Crippen molar-refractivity contribution in [2.75, 3.05) is 5.75 Å². The predicted octanol–water partition coefficient (Wildman–Crippen LogP) is 3.90. The Kier molecular flexibility index (Phi) is 4.73. The Balaban J connectivity index is 2.24. The summed E-state index contributed by atoms with van der Waals surface area (Å²) in [6.45, 7) is 9.70. The van der Waals surface area contributed by atoms with Gasteiger partial charge in [0.05, 0.1) is 16.1 Å². The number of rotatable bonds is 4. The van der Waals surface area contributed by atoms with E-state index >= 15 is 0 Å². The van der Waals surface area contributed by atoms with Gasteiger partial charge in [0.1, 0.15) is 0 Å². The third kappa shape index (κ3) is 3.45. The molecular weight excluding hydrogens is 303 g/mol. The largest absolute Gasteiger partial charge is 0.491 e. The van der Waals surface area contributed by atoms with Crippen LogP contribution in [-0.4, -0.2) is 29.9 Å². The zero-order chi connectivity index (χ0) is 15.8. The van der Waals surface area contributed by atoms with Gasteiger partial charge >= 0.3 is 7.12 Å². The molecule has 0 bridgehead atoms. The van der Waals surface area contributed by atoms with E-state index in [1.165, 1.54) is 11.3 Å². The van der Waals surface area contributed by atoms with E-state index in [1.54, 1.807) is 6.92 Å². The highest BCUT2D eigenvalue weighted by atomic mass is 32.1. The molecule has 114 valence electrons. The number of thiophene rings is 1. The van der Waals surface area contributed by atoms with E-state index in [9.17, 15) is 4.79 Å². The topological polar surface area (TPSA) is 35.5 Å². The first-order valence-electron chi connectivity index (χ1n) is 6.94. The summed E-state index contributed by atoms with van der Waals surface area (Å²) in [6, 6.07) is 3.79. The third-order valence-corrected chi connectivity index (χ3v) is 5.54. The zero-order valence-electron chi connectivity index (χ0n) is 13.1. The van der Waals surface area contributed by atoms with Crippen LogP contribution in [0.15, 0.2) is 17.6 Å². The smallest absolute Gasteiger partial charge is 0.400 e. The van der Waals surface area contributed by atoms with Gasteiger partial charge in [-0.15, -0.1) is 11.3 Å². The number of carbonyl (C=O) groups is 1. The Labute approximate surface area is 136 Å². The molecule has 0 unspecified atom stereocenters. The summed E-state index contributed by atoms with van der Waals surface area (Å²) in [4.78, 5) is 13.1. The average Bonchev–Trinajstić information content (AvgIpc) is 2.90. The van der Waals surface area contributed by atoms with Gasteiger partial charge in [0, 0.05) is 10.6 Å². The van der Waals surface area contributed by atoms with E-state index in [0.717, 1.165) is 15.2 Å². The molecule has 2 heterocycles. The van der Waals surface area contributed by atoms with E-state index in [-0.39, 0.29) is 17.0 Å². The highest BCUT2D eigenvalue weighted by molar-refractivity contribution is 7.80. The van der Waals surface area contributed by atoms with Gasteiger partial charge in [0.15, 0.2) is 5.78 Å². The Bertz CT molecular complexity index is 559. The standard InChI is InChI=1S/C15H21BO3S2/c1-10(17)13-7-6-12(21-13)8-11(9-20)16-18-14(2,3)15(4,5)19-16/h6-8,20H,9H2,1-5H3. The molecule has 0 aromatic carbocycles. The molecule has 6 heteroatoms. The van der Waals surface area contributed by atoms with E-state index in [0.29, 0.717) is 5.75 Å². The van der Waals surface area contributed by atoms with Crippen LogP contribution in [0, 0.1) is 0 Å². The Morgan fingerprint density at radius 3 is 2.29 bits per heavy atom. The van der Waals surface area contributed by atoms with Crippen molar-refractivity contribution >= 4 is 42.9 Å². The fourth-order valence-corrected chi connectivity index (χ4v) is 3.11. The van der Waals surface area contributed by atoms with Crippen LogP contribution in [0.2, 0.25) is 0 Å². The van der Waals surface area contributed by atoms with E-state index in [4.69, 9.17) is 9.31 Å². The molecule has 0 amide bonds. The lowest BCUT2D eigenvalue weighted by molar-refractivity contribution is 0.00578.